The van der Waals surface area contributed by atoms with Crippen molar-refractivity contribution in [2.75, 3.05) is 6.61 Å². The van der Waals surface area contributed by atoms with Gasteiger partial charge in [0, 0.05) is 6.07 Å². The molecule has 2 heterocycles. The second-order valence-corrected chi connectivity index (χ2v) is 5.94. The summed E-state index contributed by atoms with van der Waals surface area (Å²) in [5.41, 5.74) is 2.40. The molecule has 0 spiro atoms. The Hall–Kier alpha value is -1.80. The first-order valence-corrected chi connectivity index (χ1v) is 7.88. The minimum Gasteiger partial charge on any atom is -0.485 e. The van der Waals surface area contributed by atoms with Gasteiger partial charge in [-0.15, -0.1) is 0 Å². The van der Waals surface area contributed by atoms with Gasteiger partial charge in [-0.2, -0.15) is 5.10 Å². The Morgan fingerprint density at radius 1 is 1.32 bits per heavy atom. The standard InChI is InChI=1S/C14H10Br2N2O4/c15-9-5-8(21-13(9)16)6-17-18-14(19)12-7-20-10-3-1-2-4-11(10)22-12/h1-6,12H,7H2,(H,18,19)/b17-6-/t12-/m0/s1. The van der Waals surface area contributed by atoms with Gasteiger partial charge in [0.25, 0.3) is 5.91 Å². The molecule has 8 heteroatoms. The van der Waals surface area contributed by atoms with E-state index in [4.69, 9.17) is 13.9 Å². The van der Waals surface area contributed by atoms with Crippen LogP contribution in [0.1, 0.15) is 5.76 Å². The zero-order valence-corrected chi connectivity index (χ0v) is 14.3. The average molecular weight is 430 g/mol. The topological polar surface area (TPSA) is 73.1 Å². The molecule has 0 fully saturated rings. The van der Waals surface area contributed by atoms with Gasteiger partial charge in [0.15, 0.2) is 16.2 Å². The fourth-order valence-corrected chi connectivity index (χ4v) is 2.42. The maximum Gasteiger partial charge on any atom is 0.284 e. The van der Waals surface area contributed by atoms with Crippen molar-refractivity contribution in [2.24, 2.45) is 5.10 Å². The van der Waals surface area contributed by atoms with Crippen molar-refractivity contribution in [1.82, 2.24) is 5.43 Å². The molecule has 3 rings (SSSR count). The number of nitrogens with one attached hydrogen (secondary N) is 1. The van der Waals surface area contributed by atoms with Gasteiger partial charge in [0.1, 0.15) is 12.4 Å². The number of para-hydroxylation sites is 2. The Morgan fingerprint density at radius 3 is 2.82 bits per heavy atom. The molecule has 22 heavy (non-hydrogen) atoms. The molecule has 1 aromatic carbocycles. The predicted molar refractivity (Wildman–Crippen MR) is 86.2 cm³/mol. The Balaban J connectivity index is 1.59. The number of benzene rings is 1. The third kappa shape index (κ3) is 3.33. The SMILES string of the molecule is O=C(N/N=C\c1cc(Br)c(Br)o1)[C@@H]1COc2ccccc2O1. The van der Waals surface area contributed by atoms with Gasteiger partial charge in [-0.3, -0.25) is 4.79 Å². The number of halogens is 2. The maximum absolute atomic E-state index is 12.0. The van der Waals surface area contributed by atoms with Gasteiger partial charge in [-0.25, -0.2) is 5.43 Å². The lowest BCUT2D eigenvalue weighted by atomic mass is 10.2. The molecular formula is C14H10Br2N2O4. The number of hydrogen-bond acceptors (Lipinski definition) is 5. The minimum atomic E-state index is -0.748. The van der Waals surface area contributed by atoms with Crippen LogP contribution in [0.15, 0.2) is 49.0 Å². The Labute approximate surface area is 142 Å². The number of rotatable bonds is 3. The molecule has 0 saturated heterocycles. The van der Waals surface area contributed by atoms with Gasteiger partial charge in [-0.05, 0) is 44.0 Å². The van der Waals surface area contributed by atoms with E-state index >= 15 is 0 Å². The number of amides is 1. The zero-order valence-electron chi connectivity index (χ0n) is 11.1. The molecule has 2 aromatic rings. The van der Waals surface area contributed by atoms with Crippen LogP contribution >= 0.6 is 31.9 Å². The Bertz CT molecular complexity index is 710. The summed E-state index contributed by atoms with van der Waals surface area (Å²) in [6.07, 6.45) is 0.646. The second-order valence-electron chi connectivity index (χ2n) is 4.37. The van der Waals surface area contributed by atoms with E-state index in [9.17, 15) is 4.79 Å². The van der Waals surface area contributed by atoms with Crippen LogP contribution in [0.4, 0.5) is 0 Å². The van der Waals surface area contributed by atoms with Crippen LogP contribution in [0, 0.1) is 0 Å². The van der Waals surface area contributed by atoms with Crippen molar-refractivity contribution in [3.63, 3.8) is 0 Å². The largest absolute Gasteiger partial charge is 0.485 e. The van der Waals surface area contributed by atoms with E-state index in [2.05, 4.69) is 42.4 Å². The van der Waals surface area contributed by atoms with Crippen LogP contribution in [0.3, 0.4) is 0 Å². The summed E-state index contributed by atoms with van der Waals surface area (Å²) < 4.78 is 17.7. The van der Waals surface area contributed by atoms with Gasteiger partial charge < -0.3 is 13.9 Å². The lowest BCUT2D eigenvalue weighted by Gasteiger charge is -2.24. The van der Waals surface area contributed by atoms with Crippen molar-refractivity contribution in [1.29, 1.82) is 0 Å². The molecule has 1 aromatic heterocycles. The van der Waals surface area contributed by atoms with E-state index in [1.165, 1.54) is 6.21 Å². The minimum absolute atomic E-state index is 0.135. The number of carbonyl (C=O) groups excluding carboxylic acids is 1. The summed E-state index contributed by atoms with van der Waals surface area (Å²) in [5, 5.41) is 3.83. The van der Waals surface area contributed by atoms with Gasteiger partial charge >= 0.3 is 0 Å². The third-order valence-corrected chi connectivity index (χ3v) is 4.54. The molecule has 1 aliphatic heterocycles. The third-order valence-electron chi connectivity index (χ3n) is 2.83. The van der Waals surface area contributed by atoms with Crippen LogP contribution in [0.2, 0.25) is 0 Å². The summed E-state index contributed by atoms with van der Waals surface area (Å²) in [7, 11) is 0. The van der Waals surface area contributed by atoms with E-state index in [1.807, 2.05) is 12.1 Å². The summed E-state index contributed by atoms with van der Waals surface area (Å²) in [5.74, 6) is 1.26. The van der Waals surface area contributed by atoms with E-state index in [0.717, 1.165) is 4.47 Å². The highest BCUT2D eigenvalue weighted by Gasteiger charge is 2.26. The van der Waals surface area contributed by atoms with Gasteiger partial charge in [0.2, 0.25) is 6.10 Å². The van der Waals surface area contributed by atoms with E-state index in [0.29, 0.717) is 21.9 Å². The molecule has 0 radical (unpaired) electrons. The van der Waals surface area contributed by atoms with E-state index in [-0.39, 0.29) is 6.61 Å². The van der Waals surface area contributed by atoms with Crippen molar-refractivity contribution in [3.05, 3.63) is 45.2 Å². The fraction of sp³-hybridized carbons (Fsp3) is 0.143. The number of hydrogen-bond donors (Lipinski definition) is 1. The average Bonchev–Trinajstić information content (AvgIpc) is 2.85. The first-order chi connectivity index (χ1) is 10.6. The highest BCUT2D eigenvalue weighted by molar-refractivity contribution is 9.13. The lowest BCUT2D eigenvalue weighted by Crippen LogP contribution is -2.42. The van der Waals surface area contributed by atoms with Gasteiger partial charge in [-0.1, -0.05) is 12.1 Å². The maximum atomic E-state index is 12.0. The molecule has 1 aliphatic rings. The summed E-state index contributed by atoms with van der Waals surface area (Å²) in [6.45, 7) is 0.135. The Morgan fingerprint density at radius 2 is 2.09 bits per heavy atom. The zero-order chi connectivity index (χ0) is 15.5. The first-order valence-electron chi connectivity index (χ1n) is 6.30. The molecule has 0 bridgehead atoms. The molecule has 0 unspecified atom stereocenters. The molecule has 0 aliphatic carbocycles. The van der Waals surface area contributed by atoms with E-state index in [1.54, 1.807) is 18.2 Å². The van der Waals surface area contributed by atoms with E-state index < -0.39 is 12.0 Å². The van der Waals surface area contributed by atoms with Crippen LogP contribution in [0.25, 0.3) is 0 Å². The normalized spacial score (nSPS) is 16.7. The number of hydrazone groups is 1. The second kappa shape index (κ2) is 6.53. The monoisotopic (exact) mass is 428 g/mol. The summed E-state index contributed by atoms with van der Waals surface area (Å²) >= 11 is 6.50. The highest BCUT2D eigenvalue weighted by atomic mass is 79.9. The molecule has 6 nitrogen and oxygen atoms in total. The van der Waals surface area contributed by atoms with Crippen molar-refractivity contribution < 1.29 is 18.7 Å². The quantitative estimate of drug-likeness (QED) is 0.601. The van der Waals surface area contributed by atoms with Crippen LogP contribution in [-0.4, -0.2) is 24.8 Å². The van der Waals surface area contributed by atoms with Crippen LogP contribution in [0.5, 0.6) is 11.5 Å². The summed E-state index contributed by atoms with van der Waals surface area (Å²) in [6, 6.07) is 8.90. The van der Waals surface area contributed by atoms with Gasteiger partial charge in [0.05, 0.1) is 10.7 Å². The molecule has 1 atom stereocenters. The number of ether oxygens (including phenoxy) is 2. The Kier molecular flexibility index (Phi) is 4.49. The van der Waals surface area contributed by atoms with Crippen molar-refractivity contribution >= 4 is 44.0 Å². The lowest BCUT2D eigenvalue weighted by molar-refractivity contribution is -0.130. The number of carbonyl (C=O) groups is 1. The summed E-state index contributed by atoms with van der Waals surface area (Å²) in [4.78, 5) is 12.0. The number of fused-ring (bicyclic) bond motifs is 1. The van der Waals surface area contributed by atoms with Crippen molar-refractivity contribution in [3.8, 4) is 11.5 Å². The predicted octanol–water partition coefficient (Wildman–Crippen LogP) is 3.09. The number of furan rings is 1. The molecule has 114 valence electrons. The van der Waals surface area contributed by atoms with Crippen LogP contribution in [-0.2, 0) is 4.79 Å². The van der Waals surface area contributed by atoms with Crippen LogP contribution < -0.4 is 14.9 Å². The first kappa shape index (κ1) is 15.1. The fourth-order valence-electron chi connectivity index (χ4n) is 1.81. The molecular weight excluding hydrogens is 420 g/mol. The highest BCUT2D eigenvalue weighted by Crippen LogP contribution is 2.30. The molecule has 1 amide bonds. The smallest absolute Gasteiger partial charge is 0.284 e. The number of nitrogens with zero attached hydrogens (tertiary/aromatic N) is 1. The molecule has 0 saturated carbocycles. The van der Waals surface area contributed by atoms with Crippen molar-refractivity contribution in [2.45, 2.75) is 6.10 Å². The molecule has 1 N–H and O–H groups in total.